The maximum absolute atomic E-state index is 10.4. The topological polar surface area (TPSA) is 83.6 Å². The third-order valence-corrected chi connectivity index (χ3v) is 2.92. The number of fused-ring (bicyclic) bond motifs is 1. The molecule has 3 rings (SSSR count). The first kappa shape index (κ1) is 12.8. The van der Waals surface area contributed by atoms with E-state index in [9.17, 15) is 4.79 Å². The minimum Gasteiger partial charge on any atom is -0.313 e. The lowest BCUT2D eigenvalue weighted by Crippen LogP contribution is -1.96. The zero-order valence-corrected chi connectivity index (χ0v) is 11.2. The molecule has 0 spiro atoms. The number of H-pyrrole nitrogens is 1. The van der Waals surface area contributed by atoms with Gasteiger partial charge in [-0.3, -0.25) is 9.89 Å². The Morgan fingerprint density at radius 2 is 2.10 bits per heavy atom. The minimum absolute atomic E-state index is 0.469. The van der Waals surface area contributed by atoms with Gasteiger partial charge in [-0.05, 0) is 25.1 Å². The van der Waals surface area contributed by atoms with Crippen molar-refractivity contribution in [2.45, 2.75) is 6.92 Å². The number of carbonyl (C=O) groups excluding carboxylic acids is 1. The highest BCUT2D eigenvalue weighted by atomic mass is 16.1. The molecule has 6 heteroatoms. The van der Waals surface area contributed by atoms with Crippen molar-refractivity contribution < 1.29 is 4.79 Å². The molecule has 0 unspecified atom stereocenters. The average Bonchev–Trinajstić information content (AvgIpc) is 2.87. The molecule has 0 aliphatic rings. The number of carbonyl (C=O) groups is 1. The normalized spacial score (nSPS) is 9.95. The Labute approximate surface area is 120 Å². The zero-order chi connectivity index (χ0) is 14.7. The van der Waals surface area contributed by atoms with Gasteiger partial charge in [0.2, 0.25) is 6.41 Å². The zero-order valence-electron chi connectivity index (χ0n) is 11.2. The standard InChI is InChI=1S/C15H11N5O/c1-10-13-6-12(8-17-15(13)20-19-10)3-2-11-4-5-16-14(7-11)18-9-21/h4-9H,1H3,(H,16,18,21)(H,17,19,20). The predicted octanol–water partition coefficient (Wildman–Crippen LogP) is 1.63. The third kappa shape index (κ3) is 2.72. The van der Waals surface area contributed by atoms with Gasteiger partial charge in [-0.1, -0.05) is 11.8 Å². The molecule has 0 aliphatic heterocycles. The molecule has 2 N–H and O–H groups in total. The van der Waals surface area contributed by atoms with E-state index in [-0.39, 0.29) is 0 Å². The monoisotopic (exact) mass is 277 g/mol. The molecule has 6 nitrogen and oxygen atoms in total. The van der Waals surface area contributed by atoms with Crippen LogP contribution in [-0.2, 0) is 4.79 Å². The van der Waals surface area contributed by atoms with Crippen LogP contribution in [-0.4, -0.2) is 26.6 Å². The van der Waals surface area contributed by atoms with E-state index in [1.165, 1.54) is 0 Å². The number of aryl methyl sites for hydroxylation is 1. The van der Waals surface area contributed by atoms with Crippen LogP contribution < -0.4 is 5.32 Å². The van der Waals surface area contributed by atoms with Crippen molar-refractivity contribution in [1.29, 1.82) is 0 Å². The van der Waals surface area contributed by atoms with Gasteiger partial charge in [0.15, 0.2) is 5.65 Å². The summed E-state index contributed by atoms with van der Waals surface area (Å²) in [6, 6.07) is 5.43. The molecule has 0 aliphatic carbocycles. The largest absolute Gasteiger partial charge is 0.313 e. The van der Waals surface area contributed by atoms with Crippen molar-refractivity contribution in [3.63, 3.8) is 0 Å². The van der Waals surface area contributed by atoms with Crippen LogP contribution in [0.3, 0.4) is 0 Å². The number of amides is 1. The summed E-state index contributed by atoms with van der Waals surface area (Å²) < 4.78 is 0. The molecule has 0 bridgehead atoms. The molecule has 21 heavy (non-hydrogen) atoms. The van der Waals surface area contributed by atoms with Crippen LogP contribution in [0.5, 0.6) is 0 Å². The van der Waals surface area contributed by atoms with Crippen LogP contribution in [0.2, 0.25) is 0 Å². The molecule has 0 fully saturated rings. The quantitative estimate of drug-likeness (QED) is 0.551. The van der Waals surface area contributed by atoms with Crippen molar-refractivity contribution in [1.82, 2.24) is 20.2 Å². The number of hydrogen-bond donors (Lipinski definition) is 2. The lowest BCUT2D eigenvalue weighted by atomic mass is 10.2. The summed E-state index contributed by atoms with van der Waals surface area (Å²) in [5, 5.41) is 10.4. The number of anilines is 1. The highest BCUT2D eigenvalue weighted by molar-refractivity contribution is 5.78. The van der Waals surface area contributed by atoms with Crippen LogP contribution in [0, 0.1) is 18.8 Å². The average molecular weight is 277 g/mol. The fourth-order valence-electron chi connectivity index (χ4n) is 1.88. The number of nitrogens with one attached hydrogen (secondary N) is 2. The van der Waals surface area contributed by atoms with Gasteiger partial charge < -0.3 is 5.32 Å². The number of aromatic nitrogens is 4. The molecule has 3 heterocycles. The molecule has 1 amide bonds. The Kier molecular flexibility index (Phi) is 3.31. The summed E-state index contributed by atoms with van der Waals surface area (Å²) in [6.07, 6.45) is 3.86. The van der Waals surface area contributed by atoms with Gasteiger partial charge in [-0.15, -0.1) is 0 Å². The Bertz CT molecular complexity index is 872. The molecule has 3 aromatic rings. The van der Waals surface area contributed by atoms with Gasteiger partial charge in [0.05, 0.1) is 0 Å². The van der Waals surface area contributed by atoms with Crippen molar-refractivity contribution in [2.75, 3.05) is 5.32 Å². The van der Waals surface area contributed by atoms with E-state index in [1.54, 1.807) is 24.5 Å². The predicted molar refractivity (Wildman–Crippen MR) is 78.5 cm³/mol. The van der Waals surface area contributed by atoms with E-state index in [0.717, 1.165) is 22.2 Å². The Hall–Kier alpha value is -3.20. The molecule has 0 saturated heterocycles. The summed E-state index contributed by atoms with van der Waals surface area (Å²) in [5.41, 5.74) is 3.20. The van der Waals surface area contributed by atoms with Gasteiger partial charge in [0.1, 0.15) is 5.82 Å². The van der Waals surface area contributed by atoms with Gasteiger partial charge in [-0.25, -0.2) is 9.97 Å². The van der Waals surface area contributed by atoms with Crippen molar-refractivity contribution >= 4 is 23.3 Å². The fourth-order valence-corrected chi connectivity index (χ4v) is 1.88. The number of aromatic amines is 1. The Balaban J connectivity index is 1.93. The Morgan fingerprint density at radius 1 is 1.24 bits per heavy atom. The summed E-state index contributed by atoms with van der Waals surface area (Å²) in [7, 11) is 0. The highest BCUT2D eigenvalue weighted by Crippen LogP contribution is 2.14. The van der Waals surface area contributed by atoms with Gasteiger partial charge in [0, 0.05) is 34.6 Å². The van der Waals surface area contributed by atoms with Crippen molar-refractivity contribution in [3.05, 3.63) is 47.4 Å². The third-order valence-electron chi connectivity index (χ3n) is 2.92. The molecule has 0 radical (unpaired) electrons. The first-order valence-corrected chi connectivity index (χ1v) is 6.25. The summed E-state index contributed by atoms with van der Waals surface area (Å²) in [6.45, 7) is 1.94. The smallest absolute Gasteiger partial charge is 0.212 e. The second kappa shape index (κ2) is 5.43. The van der Waals surface area contributed by atoms with Crippen LogP contribution in [0.15, 0.2) is 30.6 Å². The van der Waals surface area contributed by atoms with Crippen LogP contribution in [0.1, 0.15) is 16.8 Å². The Morgan fingerprint density at radius 3 is 2.95 bits per heavy atom. The number of nitrogens with zero attached hydrogens (tertiary/aromatic N) is 3. The van der Waals surface area contributed by atoms with Crippen LogP contribution in [0.4, 0.5) is 5.82 Å². The molecular formula is C15H11N5O. The van der Waals surface area contributed by atoms with E-state index in [4.69, 9.17) is 0 Å². The molecule has 0 atom stereocenters. The van der Waals surface area contributed by atoms with Crippen LogP contribution >= 0.6 is 0 Å². The second-order valence-corrected chi connectivity index (χ2v) is 4.39. The lowest BCUT2D eigenvalue weighted by molar-refractivity contribution is -0.105. The van der Waals surface area contributed by atoms with E-state index in [0.29, 0.717) is 17.9 Å². The molecule has 3 aromatic heterocycles. The molecular weight excluding hydrogens is 266 g/mol. The first-order valence-electron chi connectivity index (χ1n) is 6.25. The first-order chi connectivity index (χ1) is 10.3. The van der Waals surface area contributed by atoms with Crippen LogP contribution in [0.25, 0.3) is 11.0 Å². The van der Waals surface area contributed by atoms with Crippen molar-refractivity contribution in [2.24, 2.45) is 0 Å². The van der Waals surface area contributed by atoms with E-state index >= 15 is 0 Å². The van der Waals surface area contributed by atoms with E-state index in [2.05, 4.69) is 37.3 Å². The highest BCUT2D eigenvalue weighted by Gasteiger charge is 2.02. The maximum Gasteiger partial charge on any atom is 0.212 e. The van der Waals surface area contributed by atoms with E-state index < -0.39 is 0 Å². The molecule has 0 aromatic carbocycles. The van der Waals surface area contributed by atoms with Gasteiger partial charge in [-0.2, -0.15) is 5.10 Å². The van der Waals surface area contributed by atoms with Gasteiger partial charge in [0.25, 0.3) is 0 Å². The minimum atomic E-state index is 0.469. The number of pyridine rings is 2. The number of hydrogen-bond acceptors (Lipinski definition) is 4. The SMILES string of the molecule is Cc1[nH]nc2ncc(C#Cc3ccnc(NC=O)c3)cc12. The second-order valence-electron chi connectivity index (χ2n) is 4.39. The van der Waals surface area contributed by atoms with Gasteiger partial charge >= 0.3 is 0 Å². The maximum atomic E-state index is 10.4. The van der Waals surface area contributed by atoms with E-state index in [1.807, 2.05) is 13.0 Å². The number of rotatable bonds is 2. The molecule has 102 valence electrons. The summed E-state index contributed by atoms with van der Waals surface area (Å²) >= 11 is 0. The lowest BCUT2D eigenvalue weighted by Gasteiger charge is -1.96. The van der Waals surface area contributed by atoms with Crippen molar-refractivity contribution in [3.8, 4) is 11.8 Å². The fraction of sp³-hybridized carbons (Fsp3) is 0.0667. The summed E-state index contributed by atoms with van der Waals surface area (Å²) in [4.78, 5) is 18.6. The molecule has 0 saturated carbocycles. The summed E-state index contributed by atoms with van der Waals surface area (Å²) in [5.74, 6) is 6.53.